The van der Waals surface area contributed by atoms with Gasteiger partial charge in [-0.15, -0.1) is 0 Å². The fourth-order valence-corrected chi connectivity index (χ4v) is 2.99. The summed E-state index contributed by atoms with van der Waals surface area (Å²) in [6.45, 7) is 2.57. The number of rotatable bonds is 4. The fraction of sp³-hybridized carbons (Fsp3) is 0.533. The van der Waals surface area contributed by atoms with Gasteiger partial charge in [0.2, 0.25) is 0 Å². The van der Waals surface area contributed by atoms with Crippen LogP contribution < -0.4 is 0 Å². The SMILES string of the molecule is Cc1ccc(C(=O)N2CCCC2CCCBr)c(F)c1. The van der Waals surface area contributed by atoms with Gasteiger partial charge in [-0.1, -0.05) is 22.0 Å². The predicted molar refractivity (Wildman–Crippen MR) is 78.2 cm³/mol. The van der Waals surface area contributed by atoms with Crippen LogP contribution in [-0.2, 0) is 0 Å². The first-order valence-corrected chi connectivity index (χ1v) is 7.88. The maximum Gasteiger partial charge on any atom is 0.257 e. The van der Waals surface area contributed by atoms with Crippen molar-refractivity contribution in [3.8, 4) is 0 Å². The van der Waals surface area contributed by atoms with Gasteiger partial charge in [-0.25, -0.2) is 4.39 Å². The summed E-state index contributed by atoms with van der Waals surface area (Å²) in [6, 6.07) is 5.09. The molecular weight excluding hydrogens is 309 g/mol. The Labute approximate surface area is 122 Å². The molecular formula is C15H19BrFNO. The smallest absolute Gasteiger partial charge is 0.257 e. The number of hydrogen-bond acceptors (Lipinski definition) is 1. The number of carbonyl (C=O) groups excluding carboxylic acids is 1. The molecule has 0 bridgehead atoms. The lowest BCUT2D eigenvalue weighted by atomic mass is 10.1. The number of alkyl halides is 1. The Morgan fingerprint density at radius 2 is 2.32 bits per heavy atom. The van der Waals surface area contributed by atoms with Gasteiger partial charge in [-0.3, -0.25) is 4.79 Å². The fourth-order valence-electron chi connectivity index (χ4n) is 2.66. The molecule has 1 aliphatic rings. The first-order chi connectivity index (χ1) is 9.13. The highest BCUT2D eigenvalue weighted by atomic mass is 79.9. The minimum absolute atomic E-state index is 0.158. The van der Waals surface area contributed by atoms with Gasteiger partial charge in [-0.2, -0.15) is 0 Å². The standard InChI is InChI=1S/C15H19BrFNO/c1-11-6-7-13(14(17)10-11)15(19)18-9-3-5-12(18)4-2-8-16/h6-7,10,12H,2-5,8-9H2,1H3. The van der Waals surface area contributed by atoms with Crippen LogP contribution in [0, 0.1) is 12.7 Å². The zero-order chi connectivity index (χ0) is 13.8. The van der Waals surface area contributed by atoms with E-state index in [0.717, 1.165) is 43.1 Å². The van der Waals surface area contributed by atoms with Crippen molar-refractivity contribution < 1.29 is 9.18 Å². The molecule has 1 fully saturated rings. The highest BCUT2D eigenvalue weighted by molar-refractivity contribution is 9.09. The number of amides is 1. The summed E-state index contributed by atoms with van der Waals surface area (Å²) in [4.78, 5) is 14.3. The average molecular weight is 328 g/mol. The Bertz CT molecular complexity index is 463. The number of hydrogen-bond donors (Lipinski definition) is 0. The molecule has 0 N–H and O–H groups in total. The van der Waals surface area contributed by atoms with Crippen LogP contribution in [0.2, 0.25) is 0 Å². The van der Waals surface area contributed by atoms with E-state index in [1.54, 1.807) is 12.1 Å². The molecule has 1 amide bonds. The molecule has 1 aromatic carbocycles. The van der Waals surface area contributed by atoms with Crippen LogP contribution in [0.4, 0.5) is 4.39 Å². The van der Waals surface area contributed by atoms with E-state index < -0.39 is 5.82 Å². The minimum Gasteiger partial charge on any atom is -0.336 e. The average Bonchev–Trinajstić information content (AvgIpc) is 2.83. The summed E-state index contributed by atoms with van der Waals surface area (Å²) in [5.74, 6) is -0.564. The molecule has 2 rings (SSSR count). The molecule has 0 saturated carbocycles. The van der Waals surface area contributed by atoms with Crippen molar-refractivity contribution in [3.05, 3.63) is 35.1 Å². The van der Waals surface area contributed by atoms with E-state index in [9.17, 15) is 9.18 Å². The number of nitrogens with zero attached hydrogens (tertiary/aromatic N) is 1. The Morgan fingerprint density at radius 3 is 3.00 bits per heavy atom. The molecule has 1 aromatic rings. The maximum atomic E-state index is 13.9. The Kier molecular flexibility index (Phi) is 4.97. The van der Waals surface area contributed by atoms with Crippen molar-refractivity contribution in [2.24, 2.45) is 0 Å². The number of benzene rings is 1. The first kappa shape index (κ1) is 14.5. The number of aryl methyl sites for hydroxylation is 1. The molecule has 1 saturated heterocycles. The van der Waals surface area contributed by atoms with E-state index in [-0.39, 0.29) is 17.5 Å². The third kappa shape index (κ3) is 3.35. The topological polar surface area (TPSA) is 20.3 Å². The lowest BCUT2D eigenvalue weighted by Crippen LogP contribution is -2.36. The molecule has 1 unspecified atom stereocenters. The monoisotopic (exact) mass is 327 g/mol. The second-order valence-electron chi connectivity index (χ2n) is 5.11. The summed E-state index contributed by atoms with van der Waals surface area (Å²) in [5.41, 5.74) is 1.04. The van der Waals surface area contributed by atoms with Gasteiger partial charge in [0.1, 0.15) is 5.82 Å². The summed E-state index contributed by atoms with van der Waals surface area (Å²) in [5, 5.41) is 0.949. The van der Waals surface area contributed by atoms with Crippen molar-refractivity contribution in [2.75, 3.05) is 11.9 Å². The minimum atomic E-state index is -0.406. The van der Waals surface area contributed by atoms with Gasteiger partial charge in [0.05, 0.1) is 5.56 Å². The van der Waals surface area contributed by atoms with Crippen molar-refractivity contribution in [2.45, 2.75) is 38.6 Å². The largest absolute Gasteiger partial charge is 0.336 e. The normalized spacial score (nSPS) is 18.9. The van der Waals surface area contributed by atoms with Crippen LogP contribution in [0.15, 0.2) is 18.2 Å². The highest BCUT2D eigenvalue weighted by Gasteiger charge is 2.30. The van der Waals surface area contributed by atoms with Gasteiger partial charge >= 0.3 is 0 Å². The molecule has 1 aliphatic heterocycles. The van der Waals surface area contributed by atoms with Gasteiger partial charge in [0.15, 0.2) is 0 Å². The second-order valence-corrected chi connectivity index (χ2v) is 5.90. The predicted octanol–water partition coefficient (Wildman–Crippen LogP) is 3.91. The van der Waals surface area contributed by atoms with E-state index in [1.165, 1.54) is 6.07 Å². The van der Waals surface area contributed by atoms with Crippen molar-refractivity contribution >= 4 is 21.8 Å². The van der Waals surface area contributed by atoms with Gasteiger partial charge in [0, 0.05) is 17.9 Å². The van der Waals surface area contributed by atoms with E-state index in [1.807, 2.05) is 11.8 Å². The third-order valence-corrected chi connectivity index (χ3v) is 4.22. The molecule has 1 atom stereocenters. The van der Waals surface area contributed by atoms with E-state index in [4.69, 9.17) is 0 Å². The molecule has 0 radical (unpaired) electrons. The molecule has 104 valence electrons. The molecule has 0 aliphatic carbocycles. The zero-order valence-corrected chi connectivity index (χ0v) is 12.7. The first-order valence-electron chi connectivity index (χ1n) is 6.76. The molecule has 19 heavy (non-hydrogen) atoms. The van der Waals surface area contributed by atoms with Gasteiger partial charge in [0.25, 0.3) is 5.91 Å². The van der Waals surface area contributed by atoms with Crippen LogP contribution in [0.5, 0.6) is 0 Å². The number of carbonyl (C=O) groups is 1. The Morgan fingerprint density at radius 1 is 1.53 bits per heavy atom. The van der Waals surface area contributed by atoms with Crippen LogP contribution in [0.1, 0.15) is 41.6 Å². The van der Waals surface area contributed by atoms with Crippen LogP contribution >= 0.6 is 15.9 Å². The lowest BCUT2D eigenvalue weighted by molar-refractivity contribution is 0.0725. The molecule has 4 heteroatoms. The molecule has 0 spiro atoms. The van der Waals surface area contributed by atoms with E-state index in [0.29, 0.717) is 0 Å². The summed E-state index contributed by atoms with van der Waals surface area (Å²) < 4.78 is 13.9. The molecule has 2 nitrogen and oxygen atoms in total. The molecule has 0 aromatic heterocycles. The van der Waals surface area contributed by atoms with Crippen LogP contribution in [-0.4, -0.2) is 28.7 Å². The second kappa shape index (κ2) is 6.51. The van der Waals surface area contributed by atoms with E-state index in [2.05, 4.69) is 15.9 Å². The lowest BCUT2D eigenvalue weighted by Gasteiger charge is -2.25. The zero-order valence-electron chi connectivity index (χ0n) is 11.2. The van der Waals surface area contributed by atoms with Crippen molar-refractivity contribution in [1.29, 1.82) is 0 Å². The van der Waals surface area contributed by atoms with Crippen LogP contribution in [0.25, 0.3) is 0 Å². The van der Waals surface area contributed by atoms with Crippen LogP contribution in [0.3, 0.4) is 0 Å². The highest BCUT2D eigenvalue weighted by Crippen LogP contribution is 2.25. The summed E-state index contributed by atoms with van der Waals surface area (Å²) >= 11 is 3.41. The Balaban J connectivity index is 2.13. The number of halogens is 2. The molecule has 1 heterocycles. The number of likely N-dealkylation sites (tertiary alicyclic amines) is 1. The quantitative estimate of drug-likeness (QED) is 0.768. The third-order valence-electron chi connectivity index (χ3n) is 3.66. The van der Waals surface area contributed by atoms with E-state index >= 15 is 0 Å². The van der Waals surface area contributed by atoms with Crippen molar-refractivity contribution in [1.82, 2.24) is 4.90 Å². The summed E-state index contributed by atoms with van der Waals surface area (Å²) in [7, 11) is 0. The van der Waals surface area contributed by atoms with Gasteiger partial charge < -0.3 is 4.90 Å². The Hall–Kier alpha value is -0.900. The summed E-state index contributed by atoms with van der Waals surface area (Å²) in [6.07, 6.45) is 4.09. The van der Waals surface area contributed by atoms with Crippen molar-refractivity contribution in [3.63, 3.8) is 0 Å². The van der Waals surface area contributed by atoms with Gasteiger partial charge in [-0.05, 0) is 50.3 Å². The maximum absolute atomic E-state index is 13.9.